The maximum atomic E-state index is 12.0. The lowest BCUT2D eigenvalue weighted by atomic mass is 9.96. The first kappa shape index (κ1) is 51.1. The number of carboxylic acid groups (broad SMARTS) is 2. The fourth-order valence-corrected chi connectivity index (χ4v) is 10.5. The summed E-state index contributed by atoms with van der Waals surface area (Å²) in [4.78, 5) is 37.4. The van der Waals surface area contributed by atoms with Crippen LogP contribution in [0, 0.1) is 64.2 Å². The number of thiazole rings is 2. The van der Waals surface area contributed by atoms with Crippen LogP contribution in [-0.2, 0) is 31.9 Å². The summed E-state index contributed by atoms with van der Waals surface area (Å²) in [5.74, 6) is -1.92. The maximum absolute atomic E-state index is 12.0. The van der Waals surface area contributed by atoms with Crippen LogP contribution in [0.3, 0.4) is 0 Å². The van der Waals surface area contributed by atoms with E-state index in [2.05, 4.69) is 70.7 Å². The molecule has 0 aliphatic rings. The quantitative estimate of drug-likeness (QED) is 0.0420. The second-order valence-corrected chi connectivity index (χ2v) is 19.2. The van der Waals surface area contributed by atoms with Crippen molar-refractivity contribution in [1.82, 2.24) is 9.97 Å². The lowest BCUT2D eigenvalue weighted by Gasteiger charge is -2.26. The highest BCUT2D eigenvalue weighted by Crippen LogP contribution is 2.40. The van der Waals surface area contributed by atoms with E-state index in [0.29, 0.717) is 76.2 Å². The number of hydrogen-bond donors (Lipinski definition) is 2. The summed E-state index contributed by atoms with van der Waals surface area (Å²) in [6.45, 7) is 14.1. The summed E-state index contributed by atoms with van der Waals surface area (Å²) in [7, 11) is 1.63. The standard InChI is InChI=1S/C57H53N5O7S2/c1-34-24-36(3)48(37(4)25-34)30-50-52(28-42(32-58)56(63)64)70-54(60-50)40-8-12-44(13-9-40)62(46-16-18-47(19-17-46)69-23-22-68-21-20-67-7)45-14-10-41(11-15-45)55-61-51(53(71-55)29-43(33-59)57(65)66)31-49-38(5)26-35(2)27-39(49)6/h8-19,24-29H,20-23,30-31H2,1-7H3,(H,63,64)(H,65,66). The Morgan fingerprint density at radius 3 is 1.34 bits per heavy atom. The van der Waals surface area contributed by atoms with Crippen LogP contribution >= 0.6 is 22.7 Å². The van der Waals surface area contributed by atoms with Gasteiger partial charge in [-0.1, -0.05) is 35.4 Å². The zero-order valence-corrected chi connectivity index (χ0v) is 42.3. The summed E-state index contributed by atoms with van der Waals surface area (Å²) < 4.78 is 16.6. The van der Waals surface area contributed by atoms with Gasteiger partial charge in [0.05, 0.1) is 41.0 Å². The molecule has 2 aromatic heterocycles. The third-order valence-electron chi connectivity index (χ3n) is 11.8. The van der Waals surface area contributed by atoms with Crippen LogP contribution in [0.1, 0.15) is 65.6 Å². The zero-order valence-electron chi connectivity index (χ0n) is 40.6. The SMILES string of the molecule is COCCOCCOc1ccc(N(c2ccc(-c3nc(Cc4c(C)cc(C)cc4C)c(C=C(C#N)C(=O)O)s3)cc2)c2ccc(-c3nc(Cc4c(C)cc(C)cc4C)c(C=C(C#N)C(=O)O)s3)cc2)cc1. The molecule has 0 saturated carbocycles. The minimum absolute atomic E-state index is 0.367. The molecule has 0 aliphatic carbocycles. The molecular weight excluding hydrogens is 931 g/mol. The van der Waals surface area contributed by atoms with Crippen molar-refractivity contribution in [2.24, 2.45) is 0 Å². The summed E-state index contributed by atoms with van der Waals surface area (Å²) in [6, 6.07) is 35.8. The fraction of sp³-hybridized carbons (Fsp3) is 0.228. The number of benzene rings is 5. The van der Waals surface area contributed by atoms with Crippen molar-refractivity contribution in [3.05, 3.63) is 174 Å². The minimum atomic E-state index is -1.30. The average Bonchev–Trinajstić information content (AvgIpc) is 3.94. The van der Waals surface area contributed by atoms with Gasteiger partial charge in [-0.2, -0.15) is 10.5 Å². The fourth-order valence-electron chi connectivity index (χ4n) is 8.42. The van der Waals surface area contributed by atoms with Crippen LogP contribution < -0.4 is 9.64 Å². The predicted octanol–water partition coefficient (Wildman–Crippen LogP) is 12.5. The molecule has 0 atom stereocenters. The van der Waals surface area contributed by atoms with Gasteiger partial charge in [0.1, 0.15) is 45.7 Å². The van der Waals surface area contributed by atoms with Crippen LogP contribution in [0.15, 0.2) is 108 Å². The molecule has 0 saturated heterocycles. The Morgan fingerprint density at radius 1 is 0.592 bits per heavy atom. The summed E-state index contributed by atoms with van der Waals surface area (Å²) in [6.07, 6.45) is 3.76. The number of nitrogens with zero attached hydrogens (tertiary/aromatic N) is 5. The normalized spacial score (nSPS) is 11.6. The number of rotatable bonds is 20. The molecule has 0 radical (unpaired) electrons. The Bertz CT molecular complexity index is 3000. The van der Waals surface area contributed by atoms with Crippen molar-refractivity contribution in [3.63, 3.8) is 0 Å². The number of methoxy groups -OCH3 is 1. The van der Waals surface area contributed by atoms with Crippen molar-refractivity contribution in [3.8, 4) is 39.0 Å². The maximum Gasteiger partial charge on any atom is 0.346 e. The molecule has 360 valence electrons. The number of ether oxygens (including phenoxy) is 3. The second kappa shape index (κ2) is 23.3. The van der Waals surface area contributed by atoms with Crippen molar-refractivity contribution in [1.29, 1.82) is 10.5 Å². The van der Waals surface area contributed by atoms with E-state index < -0.39 is 11.9 Å². The molecule has 0 bridgehead atoms. The first-order valence-electron chi connectivity index (χ1n) is 22.8. The van der Waals surface area contributed by atoms with Gasteiger partial charge in [0, 0.05) is 48.1 Å². The molecule has 2 N–H and O–H groups in total. The van der Waals surface area contributed by atoms with Gasteiger partial charge >= 0.3 is 11.9 Å². The number of hydrogen-bond acceptors (Lipinski definition) is 12. The lowest BCUT2D eigenvalue weighted by molar-refractivity contribution is -0.133. The third-order valence-corrected chi connectivity index (χ3v) is 14.0. The van der Waals surface area contributed by atoms with Gasteiger partial charge in [-0.25, -0.2) is 19.6 Å². The lowest BCUT2D eigenvalue weighted by Crippen LogP contribution is -2.11. The number of carbonyl (C=O) groups is 2. The van der Waals surface area contributed by atoms with Crippen LogP contribution in [-0.4, -0.2) is 65.7 Å². The summed E-state index contributed by atoms with van der Waals surface area (Å²) >= 11 is 2.68. The van der Waals surface area contributed by atoms with Crippen LogP contribution in [0.25, 0.3) is 33.3 Å². The third kappa shape index (κ3) is 12.6. The highest BCUT2D eigenvalue weighted by Gasteiger charge is 2.21. The molecule has 0 spiro atoms. The molecule has 71 heavy (non-hydrogen) atoms. The van der Waals surface area contributed by atoms with E-state index in [0.717, 1.165) is 72.7 Å². The Morgan fingerprint density at radius 2 is 0.972 bits per heavy atom. The molecule has 0 fully saturated rings. The van der Waals surface area contributed by atoms with Crippen molar-refractivity contribution >= 4 is 63.8 Å². The minimum Gasteiger partial charge on any atom is -0.491 e. The highest BCUT2D eigenvalue weighted by molar-refractivity contribution is 7.16. The van der Waals surface area contributed by atoms with Gasteiger partial charge in [-0.05, 0) is 160 Å². The molecule has 2 heterocycles. The van der Waals surface area contributed by atoms with Gasteiger partial charge in [-0.3, -0.25) is 0 Å². The van der Waals surface area contributed by atoms with Crippen molar-refractivity contribution < 1.29 is 34.0 Å². The molecule has 0 amide bonds. The second-order valence-electron chi connectivity index (χ2n) is 17.1. The topological polar surface area (TPSA) is 179 Å². The summed E-state index contributed by atoms with van der Waals surface area (Å²) in [5, 5.41) is 40.3. The van der Waals surface area contributed by atoms with E-state index in [-0.39, 0.29) is 11.1 Å². The van der Waals surface area contributed by atoms with Gasteiger partial charge in [0.25, 0.3) is 0 Å². The van der Waals surface area contributed by atoms with E-state index in [1.807, 2.05) is 84.9 Å². The predicted molar refractivity (Wildman–Crippen MR) is 281 cm³/mol. The first-order chi connectivity index (χ1) is 34.1. The van der Waals surface area contributed by atoms with E-state index in [1.165, 1.54) is 34.8 Å². The number of aryl methyl sites for hydroxylation is 6. The molecule has 7 rings (SSSR count). The molecule has 0 unspecified atom stereocenters. The zero-order chi connectivity index (χ0) is 50.8. The number of nitriles is 2. The number of carboxylic acids is 2. The van der Waals surface area contributed by atoms with Gasteiger partial charge in [-0.15, -0.1) is 22.7 Å². The molecule has 12 nitrogen and oxygen atoms in total. The average molecular weight is 984 g/mol. The Labute approximate surface area is 422 Å². The van der Waals surface area contributed by atoms with Crippen molar-refractivity contribution in [2.45, 2.75) is 54.4 Å². The number of aliphatic carboxylic acids is 2. The molecule has 0 aliphatic heterocycles. The Hall–Kier alpha value is -7.72. The van der Waals surface area contributed by atoms with Crippen molar-refractivity contribution in [2.75, 3.05) is 38.4 Å². The van der Waals surface area contributed by atoms with Crippen LogP contribution in [0.4, 0.5) is 17.1 Å². The van der Waals surface area contributed by atoms with Crippen LogP contribution in [0.5, 0.6) is 5.75 Å². The smallest absolute Gasteiger partial charge is 0.346 e. The number of aromatic nitrogens is 2. The molecule has 7 aromatic rings. The first-order valence-corrected chi connectivity index (χ1v) is 24.4. The Kier molecular flexibility index (Phi) is 16.8. The van der Waals surface area contributed by atoms with Gasteiger partial charge in [0.15, 0.2) is 0 Å². The van der Waals surface area contributed by atoms with Crippen LogP contribution in [0.2, 0.25) is 0 Å². The Balaban J connectivity index is 1.25. The largest absolute Gasteiger partial charge is 0.491 e. The van der Waals surface area contributed by atoms with E-state index in [9.17, 15) is 30.3 Å². The van der Waals surface area contributed by atoms with E-state index >= 15 is 0 Å². The number of anilines is 3. The van der Waals surface area contributed by atoms with Gasteiger partial charge in [0.2, 0.25) is 0 Å². The van der Waals surface area contributed by atoms with E-state index in [1.54, 1.807) is 7.11 Å². The highest BCUT2D eigenvalue weighted by atomic mass is 32.1. The summed E-state index contributed by atoms with van der Waals surface area (Å²) in [5.41, 5.74) is 13.8. The molecule has 14 heteroatoms. The van der Waals surface area contributed by atoms with Gasteiger partial charge < -0.3 is 29.3 Å². The molecular formula is C57H53N5O7S2. The van der Waals surface area contributed by atoms with E-state index in [4.69, 9.17) is 24.2 Å². The molecule has 5 aromatic carbocycles. The monoisotopic (exact) mass is 983 g/mol.